The van der Waals surface area contributed by atoms with Crippen LogP contribution in [0.5, 0.6) is 11.5 Å². The number of halogens is 2. The fraction of sp³-hybridized carbons (Fsp3) is 0.0938. The Bertz CT molecular complexity index is 1680. The van der Waals surface area contributed by atoms with Gasteiger partial charge in [-0.25, -0.2) is 10.4 Å². The number of hydrogen-bond donors (Lipinski definition) is 2. The number of hydrazone groups is 1. The van der Waals surface area contributed by atoms with Gasteiger partial charge in [0.15, 0.2) is 16.6 Å². The molecular formula is C32H26ClIN4O3S. The first-order valence-electron chi connectivity index (χ1n) is 13.0. The molecule has 10 heteroatoms. The molecule has 42 heavy (non-hydrogen) atoms. The third-order valence-corrected chi connectivity index (χ3v) is 7.79. The number of rotatable bonds is 11. The van der Waals surface area contributed by atoms with Crippen LogP contribution in [0.4, 0.5) is 10.8 Å². The van der Waals surface area contributed by atoms with E-state index in [4.69, 9.17) is 21.1 Å². The molecule has 2 N–H and O–H groups in total. The normalized spacial score (nSPS) is 10.9. The van der Waals surface area contributed by atoms with E-state index in [0.717, 1.165) is 36.8 Å². The summed E-state index contributed by atoms with van der Waals surface area (Å²) in [5, 5.41) is 10.9. The summed E-state index contributed by atoms with van der Waals surface area (Å²) >= 11 is 9.71. The number of nitrogens with one attached hydrogen (secondary N) is 2. The van der Waals surface area contributed by atoms with E-state index in [0.29, 0.717) is 35.3 Å². The number of ether oxygens (including phenoxy) is 2. The number of thiazole rings is 1. The van der Waals surface area contributed by atoms with Crippen LogP contribution in [0.3, 0.4) is 0 Å². The summed E-state index contributed by atoms with van der Waals surface area (Å²) in [4.78, 5) is 17.4. The molecule has 0 saturated carbocycles. The van der Waals surface area contributed by atoms with Crippen molar-refractivity contribution >= 4 is 68.5 Å². The Labute approximate surface area is 266 Å². The lowest BCUT2D eigenvalue weighted by atomic mass is 10.1. The van der Waals surface area contributed by atoms with Gasteiger partial charge in [0, 0.05) is 27.2 Å². The van der Waals surface area contributed by atoms with Gasteiger partial charge in [0.2, 0.25) is 0 Å². The summed E-state index contributed by atoms with van der Waals surface area (Å²) in [6, 6.07) is 28.4. The summed E-state index contributed by atoms with van der Waals surface area (Å²) in [5.74, 6) is 0.938. The summed E-state index contributed by atoms with van der Waals surface area (Å²) in [5.41, 5.74) is 7.58. The average Bonchev–Trinajstić information content (AvgIpc) is 3.47. The van der Waals surface area contributed by atoms with E-state index in [1.165, 1.54) is 11.3 Å². The van der Waals surface area contributed by atoms with Gasteiger partial charge in [-0.15, -0.1) is 11.3 Å². The minimum Gasteiger partial charge on any atom is -0.490 e. The highest BCUT2D eigenvalue weighted by Gasteiger charge is 2.13. The molecule has 4 aromatic carbocycles. The van der Waals surface area contributed by atoms with Gasteiger partial charge in [0.25, 0.3) is 5.91 Å². The molecule has 0 unspecified atom stereocenters. The van der Waals surface area contributed by atoms with Crippen LogP contribution in [-0.4, -0.2) is 23.7 Å². The maximum absolute atomic E-state index is 12.7. The van der Waals surface area contributed by atoms with Crippen LogP contribution in [-0.2, 0) is 6.61 Å². The van der Waals surface area contributed by atoms with E-state index in [2.05, 4.69) is 43.4 Å². The van der Waals surface area contributed by atoms with E-state index in [9.17, 15) is 4.79 Å². The number of amides is 1. The Morgan fingerprint density at radius 1 is 1.02 bits per heavy atom. The topological polar surface area (TPSA) is 84.8 Å². The number of anilines is 2. The molecule has 0 radical (unpaired) electrons. The van der Waals surface area contributed by atoms with E-state index in [1.807, 2.05) is 91.2 Å². The second-order valence-electron chi connectivity index (χ2n) is 8.98. The number of para-hydroxylation sites is 1. The minimum atomic E-state index is -0.315. The van der Waals surface area contributed by atoms with Gasteiger partial charge in [-0.1, -0.05) is 54.1 Å². The molecule has 0 atom stereocenters. The van der Waals surface area contributed by atoms with Crippen LogP contribution in [0.1, 0.15) is 28.4 Å². The van der Waals surface area contributed by atoms with Crippen molar-refractivity contribution in [3.8, 4) is 22.8 Å². The Balaban J connectivity index is 1.20. The third kappa shape index (κ3) is 7.87. The number of hydrogen-bond acceptors (Lipinski definition) is 7. The summed E-state index contributed by atoms with van der Waals surface area (Å²) in [7, 11) is 0. The van der Waals surface area contributed by atoms with Gasteiger partial charge in [0.05, 0.1) is 22.1 Å². The van der Waals surface area contributed by atoms with Crippen molar-refractivity contribution in [1.82, 2.24) is 10.4 Å². The second-order valence-corrected chi connectivity index (χ2v) is 11.4. The molecule has 1 amide bonds. The Morgan fingerprint density at radius 2 is 1.79 bits per heavy atom. The standard InChI is InChI=1S/C32H26ClIN4O3S/c1-2-40-29-17-22(16-27(34)30(29)41-19-21-8-14-25(33)15-9-21)18-35-38-31(39)24-12-10-23(11-13-24)28-20-42-32(37-28)36-26-6-4-3-5-7-26/h3-18,20H,2,19H2,1H3,(H,36,37)(H,38,39)/b35-18-. The molecule has 1 aromatic heterocycles. The van der Waals surface area contributed by atoms with Crippen molar-refractivity contribution in [2.75, 3.05) is 11.9 Å². The first-order valence-corrected chi connectivity index (χ1v) is 15.4. The molecule has 5 aromatic rings. The zero-order valence-electron chi connectivity index (χ0n) is 22.5. The van der Waals surface area contributed by atoms with Crippen molar-refractivity contribution in [3.63, 3.8) is 0 Å². The lowest BCUT2D eigenvalue weighted by molar-refractivity contribution is 0.0955. The molecule has 0 aliphatic rings. The molecule has 0 saturated heterocycles. The molecule has 0 aliphatic heterocycles. The molecule has 5 rings (SSSR count). The maximum Gasteiger partial charge on any atom is 0.271 e. The van der Waals surface area contributed by atoms with Gasteiger partial charge < -0.3 is 14.8 Å². The van der Waals surface area contributed by atoms with Gasteiger partial charge in [0.1, 0.15) is 6.61 Å². The van der Waals surface area contributed by atoms with E-state index < -0.39 is 0 Å². The summed E-state index contributed by atoms with van der Waals surface area (Å²) in [6.07, 6.45) is 1.58. The monoisotopic (exact) mass is 708 g/mol. The minimum absolute atomic E-state index is 0.315. The summed E-state index contributed by atoms with van der Waals surface area (Å²) < 4.78 is 12.8. The fourth-order valence-corrected chi connectivity index (χ4v) is 5.58. The lowest BCUT2D eigenvalue weighted by Gasteiger charge is -2.15. The van der Waals surface area contributed by atoms with Crippen molar-refractivity contribution in [2.24, 2.45) is 5.10 Å². The predicted molar refractivity (Wildman–Crippen MR) is 178 cm³/mol. The van der Waals surface area contributed by atoms with Crippen LogP contribution in [0, 0.1) is 3.57 Å². The molecule has 1 heterocycles. The fourth-order valence-electron chi connectivity index (χ4n) is 3.93. The van der Waals surface area contributed by atoms with Crippen molar-refractivity contribution in [1.29, 1.82) is 0 Å². The van der Waals surface area contributed by atoms with Crippen LogP contribution in [0.2, 0.25) is 5.02 Å². The number of aromatic nitrogens is 1. The maximum atomic E-state index is 12.7. The zero-order valence-corrected chi connectivity index (χ0v) is 26.2. The van der Waals surface area contributed by atoms with Crippen LogP contribution in [0.15, 0.2) is 101 Å². The molecule has 212 valence electrons. The average molecular weight is 709 g/mol. The molecule has 0 bridgehead atoms. The Morgan fingerprint density at radius 3 is 2.52 bits per heavy atom. The number of benzene rings is 4. The Hall–Kier alpha value is -3.93. The summed E-state index contributed by atoms with van der Waals surface area (Å²) in [6.45, 7) is 2.77. The quantitative estimate of drug-likeness (QED) is 0.0817. The Kier molecular flexibility index (Phi) is 10.1. The predicted octanol–water partition coefficient (Wildman–Crippen LogP) is 8.55. The SMILES string of the molecule is CCOc1cc(/C=N\NC(=O)c2ccc(-c3csc(Nc4ccccc4)n3)cc2)cc(I)c1OCc1ccc(Cl)cc1. The van der Waals surface area contributed by atoms with Gasteiger partial charge in [-0.3, -0.25) is 4.79 Å². The first-order chi connectivity index (χ1) is 20.5. The van der Waals surface area contributed by atoms with E-state index in [1.54, 1.807) is 18.3 Å². The van der Waals surface area contributed by atoms with Crippen LogP contribution < -0.4 is 20.2 Å². The lowest BCUT2D eigenvalue weighted by Crippen LogP contribution is -2.17. The number of nitrogens with zero attached hydrogens (tertiary/aromatic N) is 2. The van der Waals surface area contributed by atoms with Crippen molar-refractivity contribution in [2.45, 2.75) is 13.5 Å². The van der Waals surface area contributed by atoms with E-state index in [-0.39, 0.29) is 5.91 Å². The zero-order chi connectivity index (χ0) is 29.3. The molecule has 0 fully saturated rings. The third-order valence-electron chi connectivity index (χ3n) is 5.98. The van der Waals surface area contributed by atoms with Crippen LogP contribution >= 0.6 is 45.5 Å². The molecule has 0 spiro atoms. The largest absolute Gasteiger partial charge is 0.490 e. The highest BCUT2D eigenvalue weighted by atomic mass is 127. The van der Waals surface area contributed by atoms with Crippen molar-refractivity contribution < 1.29 is 14.3 Å². The highest BCUT2D eigenvalue weighted by Crippen LogP contribution is 2.34. The molecule has 7 nitrogen and oxygen atoms in total. The van der Waals surface area contributed by atoms with Crippen molar-refractivity contribution in [3.05, 3.63) is 122 Å². The van der Waals surface area contributed by atoms with Crippen LogP contribution in [0.25, 0.3) is 11.3 Å². The first kappa shape index (κ1) is 29.6. The smallest absolute Gasteiger partial charge is 0.271 e. The second kappa shape index (κ2) is 14.3. The number of carbonyl (C=O) groups excluding carboxylic acids is 1. The van der Waals surface area contributed by atoms with Gasteiger partial charge in [-0.05, 0) is 89.2 Å². The molecular weight excluding hydrogens is 683 g/mol. The molecule has 0 aliphatic carbocycles. The number of carbonyl (C=O) groups is 1. The van der Waals surface area contributed by atoms with E-state index >= 15 is 0 Å². The highest BCUT2D eigenvalue weighted by molar-refractivity contribution is 14.1. The van der Waals surface area contributed by atoms with Gasteiger partial charge in [-0.2, -0.15) is 5.10 Å². The van der Waals surface area contributed by atoms with Gasteiger partial charge >= 0.3 is 0 Å².